The lowest BCUT2D eigenvalue weighted by atomic mass is 10.3. The summed E-state index contributed by atoms with van der Waals surface area (Å²) in [6.07, 6.45) is 0. The zero-order chi connectivity index (χ0) is 16.5. The van der Waals surface area contributed by atoms with Crippen LogP contribution >= 0.6 is 27.0 Å². The van der Waals surface area contributed by atoms with Gasteiger partial charge < -0.3 is 24.5 Å². The molecule has 0 spiro atoms. The highest BCUT2D eigenvalue weighted by Gasteiger charge is 2.40. The molecule has 22 heavy (non-hydrogen) atoms. The van der Waals surface area contributed by atoms with Crippen molar-refractivity contribution in [2.45, 2.75) is 12.4 Å². The topological polar surface area (TPSA) is 131 Å². The summed E-state index contributed by atoms with van der Waals surface area (Å²) < 4.78 is 22.6. The van der Waals surface area contributed by atoms with E-state index in [0.717, 1.165) is 17.5 Å². The molecular formula is C11H14N2O6P2S. The highest BCUT2D eigenvalue weighted by atomic mass is 32.2. The van der Waals surface area contributed by atoms with E-state index in [1.54, 1.807) is 47.6 Å². The minimum absolute atomic E-state index is 0.700. The Morgan fingerprint density at radius 1 is 1.14 bits per heavy atom. The molecule has 1 aliphatic heterocycles. The van der Waals surface area contributed by atoms with Crippen molar-refractivity contribution in [3.8, 4) is 0 Å². The average molecular weight is 364 g/mol. The SMILES string of the molecule is CC1=CSC(N=C(P(=O)(O)O)P(=O)(O)O)N1c1ccccc1. The van der Waals surface area contributed by atoms with Gasteiger partial charge in [-0.25, -0.2) is 4.99 Å². The molecule has 0 saturated heterocycles. The van der Waals surface area contributed by atoms with E-state index in [4.69, 9.17) is 19.6 Å². The van der Waals surface area contributed by atoms with E-state index in [1.165, 1.54) is 0 Å². The second kappa shape index (κ2) is 6.29. The highest BCUT2D eigenvalue weighted by molar-refractivity contribution is 8.03. The van der Waals surface area contributed by atoms with Gasteiger partial charge in [0.1, 0.15) is 0 Å². The van der Waals surface area contributed by atoms with E-state index in [1.807, 2.05) is 0 Å². The van der Waals surface area contributed by atoms with Crippen LogP contribution in [0.4, 0.5) is 5.69 Å². The number of allylic oxidation sites excluding steroid dienone is 1. The molecule has 11 heteroatoms. The summed E-state index contributed by atoms with van der Waals surface area (Å²) >= 11 is 1.10. The number of hydrogen-bond donors (Lipinski definition) is 4. The Labute approximate surface area is 130 Å². The summed E-state index contributed by atoms with van der Waals surface area (Å²) in [5.74, 6) is 0. The molecule has 1 unspecified atom stereocenters. The van der Waals surface area contributed by atoms with Gasteiger partial charge in [-0.1, -0.05) is 30.0 Å². The summed E-state index contributed by atoms with van der Waals surface area (Å²) in [6, 6.07) is 8.89. The largest absolute Gasteiger partial charge is 0.382 e. The van der Waals surface area contributed by atoms with Gasteiger partial charge in [0.15, 0.2) is 5.50 Å². The first-order valence-corrected chi connectivity index (χ1v) is 10.1. The molecule has 0 saturated carbocycles. The van der Waals surface area contributed by atoms with Gasteiger partial charge in [-0.2, -0.15) is 0 Å². The molecule has 0 bridgehead atoms. The van der Waals surface area contributed by atoms with E-state index in [9.17, 15) is 9.13 Å². The Kier molecular flexibility index (Phi) is 4.99. The maximum absolute atomic E-state index is 11.3. The molecule has 0 aliphatic carbocycles. The molecule has 1 atom stereocenters. The predicted octanol–water partition coefficient (Wildman–Crippen LogP) is 2.10. The normalized spacial score (nSPS) is 19.0. The van der Waals surface area contributed by atoms with E-state index >= 15 is 0 Å². The van der Waals surface area contributed by atoms with Crippen molar-refractivity contribution in [2.75, 3.05) is 4.90 Å². The maximum atomic E-state index is 11.3. The third-order valence-corrected chi connectivity index (χ3v) is 6.62. The van der Waals surface area contributed by atoms with Crippen LogP contribution in [0.5, 0.6) is 0 Å². The molecule has 1 aliphatic rings. The molecule has 2 rings (SSSR count). The fraction of sp³-hybridized carbons (Fsp3) is 0.182. The lowest BCUT2D eigenvalue weighted by molar-refractivity contribution is 0.380. The Bertz CT molecular complexity index is 687. The zero-order valence-corrected chi connectivity index (χ0v) is 13.9. The van der Waals surface area contributed by atoms with Crippen molar-refractivity contribution in [1.29, 1.82) is 0 Å². The summed E-state index contributed by atoms with van der Waals surface area (Å²) in [5, 5.41) is 0.305. The smallest absolute Gasteiger partial charge is 0.320 e. The number of hydrogen-bond acceptors (Lipinski definition) is 5. The molecule has 1 heterocycles. The van der Waals surface area contributed by atoms with Crippen molar-refractivity contribution in [1.82, 2.24) is 0 Å². The van der Waals surface area contributed by atoms with Gasteiger partial charge in [0.25, 0.3) is 0 Å². The molecular weight excluding hydrogens is 350 g/mol. The Morgan fingerprint density at radius 2 is 1.68 bits per heavy atom. The van der Waals surface area contributed by atoms with Gasteiger partial charge in [0, 0.05) is 11.4 Å². The Balaban J connectivity index is 2.45. The summed E-state index contributed by atoms with van der Waals surface area (Å²) in [6.45, 7) is 1.77. The number of thioether (sulfide) groups is 1. The highest BCUT2D eigenvalue weighted by Crippen LogP contribution is 2.56. The number of aliphatic imine (C=N–C) groups is 1. The molecule has 0 aromatic heterocycles. The quantitative estimate of drug-likeness (QED) is 0.472. The summed E-state index contributed by atoms with van der Waals surface area (Å²) in [7, 11) is -10.3. The van der Waals surface area contributed by atoms with Gasteiger partial charge in [-0.3, -0.25) is 9.13 Å². The summed E-state index contributed by atoms with van der Waals surface area (Å²) in [5.41, 5.74) is 0.559. The number of nitrogens with zero attached hydrogens (tertiary/aromatic N) is 2. The number of rotatable bonds is 4. The van der Waals surface area contributed by atoms with Crippen LogP contribution in [-0.2, 0) is 9.13 Å². The molecule has 120 valence electrons. The van der Waals surface area contributed by atoms with E-state index in [2.05, 4.69) is 4.99 Å². The first kappa shape index (κ1) is 17.4. The van der Waals surface area contributed by atoms with Crippen molar-refractivity contribution in [3.05, 3.63) is 41.4 Å². The van der Waals surface area contributed by atoms with Gasteiger partial charge in [-0.15, -0.1) is 0 Å². The molecule has 1 aromatic rings. The molecule has 0 fully saturated rings. The lowest BCUT2D eigenvalue weighted by Crippen LogP contribution is -2.26. The predicted molar refractivity (Wildman–Crippen MR) is 85.6 cm³/mol. The van der Waals surface area contributed by atoms with Crippen LogP contribution in [0.3, 0.4) is 0 Å². The molecule has 0 radical (unpaired) electrons. The van der Waals surface area contributed by atoms with Crippen LogP contribution in [-0.4, -0.2) is 30.3 Å². The van der Waals surface area contributed by atoms with Gasteiger partial charge in [0.2, 0.25) is 5.19 Å². The van der Waals surface area contributed by atoms with Crippen LogP contribution in [0.2, 0.25) is 0 Å². The molecule has 0 amide bonds. The lowest BCUT2D eigenvalue weighted by Gasteiger charge is -2.26. The molecule has 8 nitrogen and oxygen atoms in total. The average Bonchev–Trinajstić information content (AvgIpc) is 2.75. The van der Waals surface area contributed by atoms with Crippen molar-refractivity contribution in [3.63, 3.8) is 0 Å². The third kappa shape index (κ3) is 3.88. The third-order valence-electron chi connectivity index (χ3n) is 2.74. The van der Waals surface area contributed by atoms with Crippen LogP contribution < -0.4 is 4.90 Å². The Morgan fingerprint density at radius 3 is 2.18 bits per heavy atom. The maximum Gasteiger partial charge on any atom is 0.382 e. The fourth-order valence-corrected chi connectivity index (χ4v) is 4.92. The number of benzene rings is 1. The van der Waals surface area contributed by atoms with Crippen molar-refractivity contribution >= 4 is 37.8 Å². The van der Waals surface area contributed by atoms with Gasteiger partial charge in [0.05, 0.1) is 0 Å². The minimum Gasteiger partial charge on any atom is -0.320 e. The van der Waals surface area contributed by atoms with Crippen LogP contribution in [0.15, 0.2) is 46.4 Å². The first-order chi connectivity index (χ1) is 10.1. The zero-order valence-electron chi connectivity index (χ0n) is 11.3. The van der Waals surface area contributed by atoms with Crippen LogP contribution in [0, 0.1) is 0 Å². The van der Waals surface area contributed by atoms with Crippen LogP contribution in [0.1, 0.15) is 6.92 Å². The van der Waals surface area contributed by atoms with Crippen LogP contribution in [0.25, 0.3) is 0 Å². The fourth-order valence-electron chi connectivity index (χ4n) is 1.88. The van der Waals surface area contributed by atoms with Gasteiger partial charge in [-0.05, 0) is 24.5 Å². The number of para-hydroxylation sites is 1. The Hall–Kier alpha value is -0.920. The van der Waals surface area contributed by atoms with E-state index in [0.29, 0.717) is 5.69 Å². The second-order valence-electron chi connectivity index (χ2n) is 4.44. The van der Waals surface area contributed by atoms with E-state index in [-0.39, 0.29) is 0 Å². The summed E-state index contributed by atoms with van der Waals surface area (Å²) in [4.78, 5) is 41.8. The molecule has 4 N–H and O–H groups in total. The first-order valence-electron chi connectivity index (χ1n) is 5.97. The van der Waals surface area contributed by atoms with Crippen molar-refractivity contribution in [2.24, 2.45) is 4.99 Å². The molecule has 1 aromatic carbocycles. The monoisotopic (exact) mass is 364 g/mol. The van der Waals surface area contributed by atoms with E-state index < -0.39 is 25.9 Å². The second-order valence-corrected chi connectivity index (χ2v) is 8.75. The standard InChI is InChI=1S/C11H14N2O6P2S/c1-8-7-22-10(13(8)9-5-3-2-4-6-9)12-11(20(14,15)16)21(17,18)19/h2-7,10H,1H3,(H2,14,15,16)(H2,17,18,19). The van der Waals surface area contributed by atoms with Gasteiger partial charge >= 0.3 is 15.2 Å². The minimum atomic E-state index is -5.16. The number of anilines is 1. The van der Waals surface area contributed by atoms with Crippen molar-refractivity contribution < 1.29 is 28.7 Å².